The van der Waals surface area contributed by atoms with Crippen LogP contribution in [0.15, 0.2) is 47.9 Å². The number of nitrogens with one attached hydrogen (secondary N) is 1. The zero-order chi connectivity index (χ0) is 15.9. The number of amides is 1. The Bertz CT molecular complexity index is 661. The highest BCUT2D eigenvalue weighted by Gasteiger charge is 2.15. The van der Waals surface area contributed by atoms with Gasteiger partial charge in [-0.15, -0.1) is 11.3 Å². The topological polar surface area (TPSA) is 47.6 Å². The standard InChI is InChI=1S/C18H19NO3S/c20-18(9-8-17-7-3-11-23-17)19-14-4-1-5-15(12-14)22-13-16-6-2-10-21-16/h1,3-5,7-9,11-12,16H,2,6,10,13H2,(H,19,20)/b9-8+. The van der Waals surface area contributed by atoms with Gasteiger partial charge in [0.1, 0.15) is 12.4 Å². The number of hydrogen-bond donors (Lipinski definition) is 1. The van der Waals surface area contributed by atoms with Crippen molar-refractivity contribution in [1.29, 1.82) is 0 Å². The minimum absolute atomic E-state index is 0.158. The molecule has 1 aliphatic heterocycles. The molecule has 1 amide bonds. The van der Waals surface area contributed by atoms with Crippen molar-refractivity contribution in [3.8, 4) is 5.75 Å². The summed E-state index contributed by atoms with van der Waals surface area (Å²) >= 11 is 1.59. The van der Waals surface area contributed by atoms with Crippen LogP contribution in [0.2, 0.25) is 0 Å². The molecule has 5 heteroatoms. The highest BCUT2D eigenvalue weighted by atomic mass is 32.1. The molecular formula is C18H19NO3S. The van der Waals surface area contributed by atoms with Gasteiger partial charge in [-0.2, -0.15) is 0 Å². The van der Waals surface area contributed by atoms with Gasteiger partial charge in [0, 0.05) is 29.3 Å². The molecule has 1 atom stereocenters. The van der Waals surface area contributed by atoms with Gasteiger partial charge in [0.25, 0.3) is 0 Å². The first kappa shape index (κ1) is 15.8. The van der Waals surface area contributed by atoms with E-state index in [9.17, 15) is 4.79 Å². The fraction of sp³-hybridized carbons (Fsp3) is 0.278. The molecule has 1 aromatic heterocycles. The minimum atomic E-state index is -0.158. The van der Waals surface area contributed by atoms with Crippen LogP contribution >= 0.6 is 11.3 Å². The molecule has 0 saturated carbocycles. The third-order valence-corrected chi connectivity index (χ3v) is 4.34. The summed E-state index contributed by atoms with van der Waals surface area (Å²) in [6.45, 7) is 1.37. The molecule has 0 aliphatic carbocycles. The molecule has 23 heavy (non-hydrogen) atoms. The first-order valence-electron chi connectivity index (χ1n) is 7.67. The third kappa shape index (κ3) is 4.94. The van der Waals surface area contributed by atoms with Gasteiger partial charge in [0.15, 0.2) is 0 Å². The van der Waals surface area contributed by atoms with Crippen molar-refractivity contribution in [2.75, 3.05) is 18.5 Å². The number of thiophene rings is 1. The second-order valence-electron chi connectivity index (χ2n) is 5.31. The molecule has 1 unspecified atom stereocenters. The number of anilines is 1. The number of hydrogen-bond acceptors (Lipinski definition) is 4. The Morgan fingerprint density at radius 1 is 1.39 bits per heavy atom. The summed E-state index contributed by atoms with van der Waals surface area (Å²) in [4.78, 5) is 13.0. The summed E-state index contributed by atoms with van der Waals surface area (Å²) in [5.41, 5.74) is 0.718. The van der Waals surface area contributed by atoms with E-state index in [1.54, 1.807) is 17.4 Å². The second-order valence-corrected chi connectivity index (χ2v) is 6.29. The van der Waals surface area contributed by atoms with E-state index in [0.29, 0.717) is 6.61 Å². The van der Waals surface area contributed by atoms with Crippen LogP contribution in [-0.4, -0.2) is 25.2 Å². The van der Waals surface area contributed by atoms with Gasteiger partial charge < -0.3 is 14.8 Å². The quantitative estimate of drug-likeness (QED) is 0.816. The van der Waals surface area contributed by atoms with Crippen molar-refractivity contribution in [2.45, 2.75) is 18.9 Å². The maximum Gasteiger partial charge on any atom is 0.248 e. The molecule has 1 aromatic carbocycles. The van der Waals surface area contributed by atoms with Crippen LogP contribution < -0.4 is 10.1 Å². The molecule has 3 rings (SSSR count). The highest BCUT2D eigenvalue weighted by Crippen LogP contribution is 2.20. The van der Waals surface area contributed by atoms with Gasteiger partial charge in [-0.25, -0.2) is 0 Å². The smallest absolute Gasteiger partial charge is 0.248 e. The molecule has 1 N–H and O–H groups in total. The molecule has 1 fully saturated rings. The van der Waals surface area contributed by atoms with Gasteiger partial charge >= 0.3 is 0 Å². The lowest BCUT2D eigenvalue weighted by molar-refractivity contribution is -0.111. The first-order chi connectivity index (χ1) is 11.3. The van der Waals surface area contributed by atoms with Crippen LogP contribution in [0.5, 0.6) is 5.75 Å². The van der Waals surface area contributed by atoms with Crippen molar-refractivity contribution < 1.29 is 14.3 Å². The average molecular weight is 329 g/mol. The Morgan fingerprint density at radius 2 is 2.35 bits per heavy atom. The molecule has 1 aliphatic rings. The maximum atomic E-state index is 11.9. The van der Waals surface area contributed by atoms with Crippen LogP contribution in [-0.2, 0) is 9.53 Å². The maximum absolute atomic E-state index is 11.9. The number of rotatable bonds is 6. The Balaban J connectivity index is 1.53. The van der Waals surface area contributed by atoms with Crippen molar-refractivity contribution in [3.63, 3.8) is 0 Å². The lowest BCUT2D eigenvalue weighted by atomic mass is 10.2. The van der Waals surface area contributed by atoms with E-state index in [0.717, 1.165) is 35.8 Å². The normalized spacial score (nSPS) is 17.5. The molecule has 1 saturated heterocycles. The Hall–Kier alpha value is -2.11. The van der Waals surface area contributed by atoms with Crippen LogP contribution in [0.4, 0.5) is 5.69 Å². The predicted molar refractivity (Wildman–Crippen MR) is 92.9 cm³/mol. The number of carbonyl (C=O) groups excluding carboxylic acids is 1. The third-order valence-electron chi connectivity index (χ3n) is 3.50. The van der Waals surface area contributed by atoms with E-state index >= 15 is 0 Å². The molecule has 4 nitrogen and oxygen atoms in total. The van der Waals surface area contributed by atoms with Crippen LogP contribution in [0.25, 0.3) is 6.08 Å². The summed E-state index contributed by atoms with van der Waals surface area (Å²) < 4.78 is 11.3. The zero-order valence-corrected chi connectivity index (χ0v) is 13.6. The van der Waals surface area contributed by atoms with E-state index in [4.69, 9.17) is 9.47 Å². The van der Waals surface area contributed by atoms with E-state index in [2.05, 4.69) is 5.32 Å². The van der Waals surface area contributed by atoms with E-state index in [-0.39, 0.29) is 12.0 Å². The summed E-state index contributed by atoms with van der Waals surface area (Å²) in [5.74, 6) is 0.579. The predicted octanol–water partition coefficient (Wildman–Crippen LogP) is 3.96. The number of benzene rings is 1. The first-order valence-corrected chi connectivity index (χ1v) is 8.54. The fourth-order valence-corrected chi connectivity index (χ4v) is 2.97. The molecule has 0 bridgehead atoms. The highest BCUT2D eigenvalue weighted by molar-refractivity contribution is 7.10. The van der Waals surface area contributed by atoms with Gasteiger partial charge in [0.2, 0.25) is 5.91 Å². The van der Waals surface area contributed by atoms with E-state index in [1.165, 1.54) is 6.08 Å². The van der Waals surface area contributed by atoms with Gasteiger partial charge in [0.05, 0.1) is 6.10 Å². The molecule has 2 aromatic rings. The molecule has 120 valence electrons. The van der Waals surface area contributed by atoms with Crippen molar-refractivity contribution in [2.24, 2.45) is 0 Å². The zero-order valence-electron chi connectivity index (χ0n) is 12.7. The van der Waals surface area contributed by atoms with Crippen LogP contribution in [0.3, 0.4) is 0 Å². The van der Waals surface area contributed by atoms with Crippen LogP contribution in [0.1, 0.15) is 17.7 Å². The molecular weight excluding hydrogens is 310 g/mol. The van der Waals surface area contributed by atoms with Crippen LogP contribution in [0, 0.1) is 0 Å². The lowest BCUT2D eigenvalue weighted by Gasteiger charge is -2.12. The SMILES string of the molecule is O=C(/C=C/c1cccs1)Nc1cccc(OCC2CCCO2)c1. The van der Waals surface area contributed by atoms with E-state index in [1.807, 2.05) is 41.8 Å². The molecule has 0 radical (unpaired) electrons. The number of ether oxygens (including phenoxy) is 2. The Labute approximate surface area is 139 Å². The summed E-state index contributed by atoms with van der Waals surface area (Å²) in [6.07, 6.45) is 5.66. The molecule has 2 heterocycles. The summed E-state index contributed by atoms with van der Waals surface area (Å²) in [5, 5.41) is 4.82. The monoisotopic (exact) mass is 329 g/mol. The van der Waals surface area contributed by atoms with E-state index < -0.39 is 0 Å². The molecule has 0 spiro atoms. The minimum Gasteiger partial charge on any atom is -0.491 e. The van der Waals surface area contributed by atoms with Gasteiger partial charge in [-0.05, 0) is 42.5 Å². The lowest BCUT2D eigenvalue weighted by Crippen LogP contribution is -2.16. The van der Waals surface area contributed by atoms with Crippen molar-refractivity contribution >= 4 is 29.0 Å². The summed E-state index contributed by atoms with van der Waals surface area (Å²) in [7, 11) is 0. The number of carbonyl (C=O) groups is 1. The Kier molecular flexibility index (Phi) is 5.45. The van der Waals surface area contributed by atoms with Crippen molar-refractivity contribution in [3.05, 3.63) is 52.7 Å². The largest absolute Gasteiger partial charge is 0.491 e. The summed E-state index contributed by atoms with van der Waals surface area (Å²) in [6, 6.07) is 11.3. The van der Waals surface area contributed by atoms with Crippen molar-refractivity contribution in [1.82, 2.24) is 0 Å². The van der Waals surface area contributed by atoms with Gasteiger partial charge in [-0.3, -0.25) is 4.79 Å². The fourth-order valence-electron chi connectivity index (χ4n) is 2.36. The van der Waals surface area contributed by atoms with Gasteiger partial charge in [-0.1, -0.05) is 12.1 Å². The Morgan fingerprint density at radius 3 is 3.13 bits per heavy atom. The average Bonchev–Trinajstić information content (AvgIpc) is 3.25. The second kappa shape index (κ2) is 7.94.